The number of fused-ring (bicyclic) bond motifs is 5. The molecule has 0 aromatic heterocycles. The fraction of sp³-hybridized carbons (Fsp3) is 0.410. The predicted octanol–water partition coefficient (Wildman–Crippen LogP) is 5.38. The SMILES string of the molecule is CNCCOc1ccc2cc1-c1cc(ccc1OC(=O)OC(C)(C)C)C[C@@H](C(=O)OC)NC(=O)[C@H](C)CC(=O)[C@H]2N(C)C(=O)OCc1ccccc1. The van der Waals surface area contributed by atoms with Gasteiger partial charge in [0.15, 0.2) is 5.78 Å². The summed E-state index contributed by atoms with van der Waals surface area (Å²) >= 11 is 0. The maximum atomic E-state index is 14.2. The van der Waals surface area contributed by atoms with Gasteiger partial charge in [-0.15, -0.1) is 0 Å². The zero-order valence-corrected chi connectivity index (χ0v) is 30.6. The van der Waals surface area contributed by atoms with Crippen LogP contribution in [0.25, 0.3) is 11.1 Å². The molecule has 0 unspecified atom stereocenters. The lowest BCUT2D eigenvalue weighted by atomic mass is 9.90. The van der Waals surface area contributed by atoms with Crippen LogP contribution in [0.1, 0.15) is 56.8 Å². The number of amides is 2. The zero-order chi connectivity index (χ0) is 38.0. The molecule has 3 aromatic rings. The summed E-state index contributed by atoms with van der Waals surface area (Å²) in [7, 11) is 4.45. The second kappa shape index (κ2) is 17.7. The molecule has 2 amide bonds. The van der Waals surface area contributed by atoms with E-state index in [2.05, 4.69) is 10.6 Å². The number of carbonyl (C=O) groups is 5. The molecular formula is C39H47N3O10. The lowest BCUT2D eigenvalue weighted by Gasteiger charge is -2.29. The van der Waals surface area contributed by atoms with Gasteiger partial charge in [0, 0.05) is 43.5 Å². The fourth-order valence-electron chi connectivity index (χ4n) is 5.62. The molecule has 4 rings (SSSR count). The van der Waals surface area contributed by atoms with E-state index in [0.717, 1.165) is 5.56 Å². The first-order valence-electron chi connectivity index (χ1n) is 17.0. The van der Waals surface area contributed by atoms with Crippen LogP contribution in [0.15, 0.2) is 66.7 Å². The Morgan fingerprint density at radius 2 is 1.63 bits per heavy atom. The zero-order valence-electron chi connectivity index (χ0n) is 30.6. The van der Waals surface area contributed by atoms with Gasteiger partial charge in [-0.3, -0.25) is 14.5 Å². The molecule has 0 radical (unpaired) electrons. The van der Waals surface area contributed by atoms with Gasteiger partial charge in [-0.05, 0) is 68.8 Å². The molecule has 3 atom stereocenters. The molecule has 52 heavy (non-hydrogen) atoms. The van der Waals surface area contributed by atoms with E-state index in [1.54, 1.807) is 71.1 Å². The average molecular weight is 718 g/mol. The van der Waals surface area contributed by atoms with E-state index in [1.807, 2.05) is 30.3 Å². The maximum absolute atomic E-state index is 14.2. The molecule has 1 aliphatic heterocycles. The van der Waals surface area contributed by atoms with Crippen molar-refractivity contribution >= 4 is 29.9 Å². The number of ether oxygens (including phenoxy) is 5. The number of hydrogen-bond donors (Lipinski definition) is 2. The van der Waals surface area contributed by atoms with Crippen molar-refractivity contribution < 1.29 is 47.7 Å². The quantitative estimate of drug-likeness (QED) is 0.127. The molecule has 4 bridgehead atoms. The second-order valence-electron chi connectivity index (χ2n) is 13.5. The van der Waals surface area contributed by atoms with E-state index < -0.39 is 53.5 Å². The van der Waals surface area contributed by atoms with E-state index in [4.69, 9.17) is 23.7 Å². The van der Waals surface area contributed by atoms with Crippen molar-refractivity contribution in [2.75, 3.05) is 34.4 Å². The number of rotatable bonds is 9. The molecule has 0 fully saturated rings. The number of nitrogens with zero attached hydrogens (tertiary/aromatic N) is 1. The molecule has 13 nitrogen and oxygen atoms in total. The number of Topliss-reactive ketones (excluding diaryl/α,β-unsaturated/α-hetero) is 1. The summed E-state index contributed by atoms with van der Waals surface area (Å²) in [5.41, 5.74) is 1.70. The predicted molar refractivity (Wildman–Crippen MR) is 192 cm³/mol. The van der Waals surface area contributed by atoms with Crippen molar-refractivity contribution in [3.63, 3.8) is 0 Å². The molecule has 0 spiro atoms. The van der Waals surface area contributed by atoms with Gasteiger partial charge in [-0.1, -0.05) is 49.4 Å². The van der Waals surface area contributed by atoms with E-state index >= 15 is 0 Å². The lowest BCUT2D eigenvalue weighted by molar-refractivity contribution is -0.145. The Balaban J connectivity index is 1.91. The molecule has 13 heteroatoms. The Hall–Kier alpha value is -5.43. The van der Waals surface area contributed by atoms with Gasteiger partial charge < -0.3 is 34.3 Å². The molecule has 0 aliphatic carbocycles. The van der Waals surface area contributed by atoms with Gasteiger partial charge in [-0.25, -0.2) is 14.4 Å². The van der Waals surface area contributed by atoms with Crippen molar-refractivity contribution in [2.24, 2.45) is 5.92 Å². The maximum Gasteiger partial charge on any atom is 0.514 e. The highest BCUT2D eigenvalue weighted by Crippen LogP contribution is 2.41. The Labute approximate surface area is 303 Å². The topological polar surface area (TPSA) is 159 Å². The third kappa shape index (κ3) is 10.5. The molecule has 2 N–H and O–H groups in total. The van der Waals surface area contributed by atoms with Gasteiger partial charge in [0.1, 0.15) is 42.4 Å². The highest BCUT2D eigenvalue weighted by Gasteiger charge is 2.34. The summed E-state index contributed by atoms with van der Waals surface area (Å²) in [5, 5.41) is 5.76. The summed E-state index contributed by atoms with van der Waals surface area (Å²) in [6, 6.07) is 16.8. The smallest absolute Gasteiger partial charge is 0.492 e. The van der Waals surface area contributed by atoms with Crippen molar-refractivity contribution in [3.8, 4) is 22.6 Å². The van der Waals surface area contributed by atoms with Crippen LogP contribution in [0.5, 0.6) is 11.5 Å². The summed E-state index contributed by atoms with van der Waals surface area (Å²) in [4.78, 5) is 68.2. The number of carbonyl (C=O) groups excluding carboxylic acids is 5. The Morgan fingerprint density at radius 1 is 0.942 bits per heavy atom. The molecule has 3 aromatic carbocycles. The van der Waals surface area contributed by atoms with Crippen LogP contribution in [0.2, 0.25) is 0 Å². The van der Waals surface area contributed by atoms with E-state index in [-0.39, 0.29) is 31.8 Å². The summed E-state index contributed by atoms with van der Waals surface area (Å²) < 4.78 is 28.0. The van der Waals surface area contributed by atoms with Crippen LogP contribution in [-0.2, 0) is 41.6 Å². The Morgan fingerprint density at radius 3 is 2.31 bits per heavy atom. The summed E-state index contributed by atoms with van der Waals surface area (Å²) in [5.74, 6) is -2.07. The van der Waals surface area contributed by atoms with Gasteiger partial charge in [0.2, 0.25) is 5.91 Å². The molecule has 1 heterocycles. The van der Waals surface area contributed by atoms with E-state index in [9.17, 15) is 24.0 Å². The lowest BCUT2D eigenvalue weighted by Crippen LogP contribution is -2.46. The van der Waals surface area contributed by atoms with Crippen molar-refractivity contribution in [1.29, 1.82) is 0 Å². The third-order valence-electron chi connectivity index (χ3n) is 8.23. The summed E-state index contributed by atoms with van der Waals surface area (Å²) in [6.45, 7) is 7.45. The first-order valence-corrected chi connectivity index (χ1v) is 17.0. The van der Waals surface area contributed by atoms with Crippen LogP contribution < -0.4 is 20.1 Å². The Kier molecular flexibility index (Phi) is 13.4. The minimum atomic E-state index is -1.21. The van der Waals surface area contributed by atoms with Gasteiger partial charge in [0.05, 0.1) is 7.11 Å². The van der Waals surface area contributed by atoms with Crippen LogP contribution in [0.3, 0.4) is 0 Å². The van der Waals surface area contributed by atoms with Crippen molar-refractivity contribution in [1.82, 2.24) is 15.5 Å². The number of hydrogen-bond acceptors (Lipinski definition) is 11. The van der Waals surface area contributed by atoms with E-state index in [1.165, 1.54) is 19.1 Å². The molecule has 1 aliphatic rings. The molecular weight excluding hydrogens is 670 g/mol. The van der Waals surface area contributed by atoms with Crippen LogP contribution in [0.4, 0.5) is 9.59 Å². The largest absolute Gasteiger partial charge is 0.514 e. The number of ketones is 1. The van der Waals surface area contributed by atoms with Crippen LogP contribution in [-0.4, -0.2) is 80.8 Å². The molecule has 0 saturated heterocycles. The Bertz CT molecular complexity index is 1750. The van der Waals surface area contributed by atoms with Crippen molar-refractivity contribution in [2.45, 2.75) is 64.8 Å². The fourth-order valence-corrected chi connectivity index (χ4v) is 5.62. The first kappa shape index (κ1) is 39.4. The number of benzene rings is 3. The van der Waals surface area contributed by atoms with Crippen LogP contribution in [0, 0.1) is 5.92 Å². The number of esters is 1. The minimum Gasteiger partial charge on any atom is -0.492 e. The van der Waals surface area contributed by atoms with Gasteiger partial charge in [0.25, 0.3) is 0 Å². The minimum absolute atomic E-state index is 0.0209. The highest BCUT2D eigenvalue weighted by atomic mass is 16.7. The molecule has 278 valence electrons. The number of likely N-dealkylation sites (N-methyl/N-ethyl adjacent to an activating group) is 2. The van der Waals surface area contributed by atoms with Crippen molar-refractivity contribution in [3.05, 3.63) is 83.4 Å². The second-order valence-corrected chi connectivity index (χ2v) is 13.5. The first-order chi connectivity index (χ1) is 24.7. The number of nitrogens with one attached hydrogen (secondary N) is 2. The average Bonchev–Trinajstić information content (AvgIpc) is 3.10. The van der Waals surface area contributed by atoms with Gasteiger partial charge in [-0.2, -0.15) is 0 Å². The highest BCUT2D eigenvalue weighted by molar-refractivity contribution is 5.94. The standard InChI is InChI=1S/C39H47N3O10/c1-24-19-31(43)34(42(6)37(46)50-23-25-11-9-8-10-12-25)27-14-16-32(49-18-17-40-5)29(22-27)28-20-26(21-30(36(45)48-7)41-35(24)44)13-15-33(28)51-38(47)52-39(2,3)4/h8-16,20,22,24,30,34,40H,17-19,21,23H2,1-7H3,(H,41,44)/t24-,30+,34+/m1/s1. The third-order valence-corrected chi connectivity index (χ3v) is 8.23. The number of methoxy groups -OCH3 is 1. The van der Waals surface area contributed by atoms with E-state index in [0.29, 0.717) is 34.5 Å². The van der Waals surface area contributed by atoms with Gasteiger partial charge >= 0.3 is 18.2 Å². The summed E-state index contributed by atoms with van der Waals surface area (Å²) in [6.07, 6.45) is -1.97. The monoisotopic (exact) mass is 717 g/mol. The van der Waals surface area contributed by atoms with Crippen LogP contribution >= 0.6 is 0 Å². The normalized spacial score (nSPS) is 17.6. The molecule has 0 saturated carbocycles.